The smallest absolute Gasteiger partial charge is 0.0673 e. The molecule has 1 aliphatic carbocycles. The molecule has 1 fully saturated rings. The molecule has 0 spiro atoms. The predicted molar refractivity (Wildman–Crippen MR) is 34.8 cm³/mol. The lowest BCUT2D eigenvalue weighted by atomic mass is 9.99. The first-order valence-corrected chi connectivity index (χ1v) is 3.36. The third-order valence-electron chi connectivity index (χ3n) is 2.02. The van der Waals surface area contributed by atoms with Gasteiger partial charge in [-0.2, -0.15) is 0 Å². The molecule has 2 atom stereocenters. The second-order valence-electron chi connectivity index (χ2n) is 2.87. The average Bonchev–Trinajstić information content (AvgIpc) is 2.13. The third kappa shape index (κ3) is 1.43. The van der Waals surface area contributed by atoms with Gasteiger partial charge in [-0.1, -0.05) is 6.92 Å². The zero-order chi connectivity index (χ0) is 6.91. The monoisotopic (exact) mass is 129 g/mol. The summed E-state index contributed by atoms with van der Waals surface area (Å²) in [6.45, 7) is 3.61. The van der Waals surface area contributed by atoms with Gasteiger partial charge >= 0.3 is 0 Å². The fourth-order valence-corrected chi connectivity index (χ4v) is 1.31. The topological polar surface area (TPSA) is 40.5 Å². The Bertz CT molecular complexity index is 103. The van der Waals surface area contributed by atoms with Crippen molar-refractivity contribution in [1.29, 1.82) is 0 Å². The summed E-state index contributed by atoms with van der Waals surface area (Å²) >= 11 is 0. The molecule has 0 aromatic carbocycles. The Hall–Kier alpha value is -0.0800. The first-order chi connectivity index (χ1) is 4.16. The van der Waals surface area contributed by atoms with Gasteiger partial charge in [0.2, 0.25) is 0 Å². The van der Waals surface area contributed by atoms with Crippen molar-refractivity contribution in [2.75, 3.05) is 0 Å². The normalized spacial score (nSPS) is 43.7. The highest BCUT2D eigenvalue weighted by atomic mass is 16.3. The minimum atomic E-state index is -0.653. The maximum Gasteiger partial charge on any atom is 0.0673 e. The third-order valence-corrected chi connectivity index (χ3v) is 2.02. The van der Waals surface area contributed by atoms with Crippen LogP contribution in [0, 0.1) is 6.92 Å². The molecule has 0 saturated heterocycles. The van der Waals surface area contributed by atoms with Crippen molar-refractivity contribution in [3.63, 3.8) is 0 Å². The molecule has 2 nitrogen and oxygen atoms in total. The molecule has 2 unspecified atom stereocenters. The van der Waals surface area contributed by atoms with Crippen LogP contribution in [0.1, 0.15) is 25.7 Å². The van der Waals surface area contributed by atoms with Crippen molar-refractivity contribution >= 4 is 0 Å². The second-order valence-corrected chi connectivity index (χ2v) is 2.87. The molecule has 2 heteroatoms. The van der Waals surface area contributed by atoms with Gasteiger partial charge in [0.05, 0.1) is 11.7 Å². The van der Waals surface area contributed by atoms with E-state index >= 15 is 0 Å². The van der Waals surface area contributed by atoms with Gasteiger partial charge in [-0.3, -0.25) is 0 Å². The van der Waals surface area contributed by atoms with E-state index < -0.39 is 5.60 Å². The Balaban J connectivity index is 2.45. The fourth-order valence-electron chi connectivity index (χ4n) is 1.31. The van der Waals surface area contributed by atoms with Gasteiger partial charge in [0.1, 0.15) is 0 Å². The van der Waals surface area contributed by atoms with Gasteiger partial charge in [0.25, 0.3) is 0 Å². The molecule has 1 rings (SSSR count). The van der Waals surface area contributed by atoms with Crippen molar-refractivity contribution in [3.8, 4) is 0 Å². The van der Waals surface area contributed by atoms with E-state index in [1.165, 1.54) is 0 Å². The van der Waals surface area contributed by atoms with E-state index in [1.807, 2.05) is 0 Å². The fraction of sp³-hybridized carbons (Fsp3) is 0.857. The first kappa shape index (κ1) is 7.03. The Morgan fingerprint density at radius 1 is 1.67 bits per heavy atom. The Morgan fingerprint density at radius 3 is 2.56 bits per heavy atom. The van der Waals surface area contributed by atoms with Crippen molar-refractivity contribution in [3.05, 3.63) is 6.92 Å². The molecule has 0 heterocycles. The van der Waals surface area contributed by atoms with Gasteiger partial charge in [0.15, 0.2) is 0 Å². The molecule has 2 N–H and O–H groups in total. The van der Waals surface area contributed by atoms with Crippen LogP contribution in [0.5, 0.6) is 0 Å². The lowest BCUT2D eigenvalue weighted by Gasteiger charge is -2.18. The molecule has 0 aromatic heterocycles. The molecule has 1 saturated carbocycles. The Morgan fingerprint density at radius 2 is 2.33 bits per heavy atom. The molecule has 0 aromatic rings. The van der Waals surface area contributed by atoms with Crippen LogP contribution in [0.25, 0.3) is 0 Å². The van der Waals surface area contributed by atoms with Crippen LogP contribution in [0.3, 0.4) is 0 Å². The van der Waals surface area contributed by atoms with Gasteiger partial charge in [-0.05, 0) is 19.3 Å². The Labute approximate surface area is 55.5 Å². The number of rotatable bonds is 1. The standard InChI is InChI=1S/C7H13O2/c1-2-7(9)4-3-6(8)5-7/h6,8-9H,1-5H2. The van der Waals surface area contributed by atoms with Crippen LogP contribution in [0.4, 0.5) is 0 Å². The average molecular weight is 129 g/mol. The van der Waals surface area contributed by atoms with Crippen LogP contribution in [-0.2, 0) is 0 Å². The molecule has 1 radical (unpaired) electrons. The van der Waals surface area contributed by atoms with Crippen LogP contribution < -0.4 is 0 Å². The summed E-state index contributed by atoms with van der Waals surface area (Å²) in [6, 6.07) is 0. The van der Waals surface area contributed by atoms with E-state index in [2.05, 4.69) is 6.92 Å². The van der Waals surface area contributed by atoms with Crippen molar-refractivity contribution in [1.82, 2.24) is 0 Å². The van der Waals surface area contributed by atoms with Crippen LogP contribution in [0.2, 0.25) is 0 Å². The molecular weight excluding hydrogens is 116 g/mol. The van der Waals surface area contributed by atoms with Crippen LogP contribution >= 0.6 is 0 Å². The predicted octanol–water partition coefficient (Wildman–Crippen LogP) is 0.486. The zero-order valence-corrected chi connectivity index (χ0v) is 5.51. The first-order valence-electron chi connectivity index (χ1n) is 3.36. The summed E-state index contributed by atoms with van der Waals surface area (Å²) in [5.41, 5.74) is -0.653. The molecule has 1 aliphatic rings. The molecule has 9 heavy (non-hydrogen) atoms. The van der Waals surface area contributed by atoms with Gasteiger partial charge in [0, 0.05) is 6.42 Å². The summed E-state index contributed by atoms with van der Waals surface area (Å²) in [5.74, 6) is 0. The van der Waals surface area contributed by atoms with E-state index in [1.54, 1.807) is 0 Å². The minimum absolute atomic E-state index is 0.295. The van der Waals surface area contributed by atoms with E-state index in [9.17, 15) is 5.11 Å². The van der Waals surface area contributed by atoms with E-state index in [0.717, 1.165) is 6.42 Å². The number of hydrogen-bond donors (Lipinski definition) is 2. The molecule has 0 aliphatic heterocycles. The van der Waals surface area contributed by atoms with E-state index in [-0.39, 0.29) is 6.10 Å². The number of aliphatic hydroxyl groups is 2. The molecular formula is C7H13O2. The van der Waals surface area contributed by atoms with Gasteiger partial charge in [-0.25, -0.2) is 0 Å². The van der Waals surface area contributed by atoms with Gasteiger partial charge < -0.3 is 10.2 Å². The van der Waals surface area contributed by atoms with E-state index in [0.29, 0.717) is 19.3 Å². The summed E-state index contributed by atoms with van der Waals surface area (Å²) in [4.78, 5) is 0. The SMILES string of the molecule is [CH2]CC1(O)CCC(O)C1. The minimum Gasteiger partial charge on any atom is -0.393 e. The highest BCUT2D eigenvalue weighted by molar-refractivity contribution is 4.89. The molecule has 0 bridgehead atoms. The molecule has 0 amide bonds. The Kier molecular flexibility index (Phi) is 1.78. The zero-order valence-electron chi connectivity index (χ0n) is 5.51. The second kappa shape index (κ2) is 2.27. The maximum absolute atomic E-state index is 9.45. The van der Waals surface area contributed by atoms with E-state index in [4.69, 9.17) is 5.11 Å². The number of aliphatic hydroxyl groups excluding tert-OH is 1. The maximum atomic E-state index is 9.45. The largest absolute Gasteiger partial charge is 0.393 e. The molecule has 53 valence electrons. The quantitative estimate of drug-likeness (QED) is 0.541. The van der Waals surface area contributed by atoms with Crippen LogP contribution in [0.15, 0.2) is 0 Å². The van der Waals surface area contributed by atoms with Crippen molar-refractivity contribution in [2.24, 2.45) is 0 Å². The van der Waals surface area contributed by atoms with Crippen molar-refractivity contribution in [2.45, 2.75) is 37.4 Å². The summed E-state index contributed by atoms with van der Waals surface area (Å²) < 4.78 is 0. The lowest BCUT2D eigenvalue weighted by Crippen LogP contribution is -2.23. The van der Waals surface area contributed by atoms with Gasteiger partial charge in [-0.15, -0.1) is 0 Å². The van der Waals surface area contributed by atoms with Crippen molar-refractivity contribution < 1.29 is 10.2 Å². The highest BCUT2D eigenvalue weighted by Gasteiger charge is 2.34. The summed E-state index contributed by atoms with van der Waals surface area (Å²) in [6.07, 6.45) is 2.17. The number of hydrogen-bond acceptors (Lipinski definition) is 2. The lowest BCUT2D eigenvalue weighted by molar-refractivity contribution is 0.0347. The summed E-state index contributed by atoms with van der Waals surface area (Å²) in [5, 5.41) is 18.5. The van der Waals surface area contributed by atoms with Crippen LogP contribution in [-0.4, -0.2) is 21.9 Å². The highest BCUT2D eigenvalue weighted by Crippen LogP contribution is 2.31. The summed E-state index contributed by atoms with van der Waals surface area (Å²) in [7, 11) is 0.